The predicted octanol–water partition coefficient (Wildman–Crippen LogP) is -0.521. The van der Waals surface area contributed by atoms with Crippen molar-refractivity contribution in [2.75, 3.05) is 6.54 Å². The third kappa shape index (κ3) is 2.64. The number of piperazine rings is 1. The molecular weight excluding hydrogens is 268 g/mol. The van der Waals surface area contributed by atoms with Gasteiger partial charge in [0.1, 0.15) is 23.3 Å². The first-order chi connectivity index (χ1) is 9.06. The first kappa shape index (κ1) is 13.6. The van der Waals surface area contributed by atoms with Crippen LogP contribution in [0.25, 0.3) is 0 Å². The third-order valence-corrected chi connectivity index (χ3v) is 3.72. The van der Waals surface area contributed by atoms with Crippen molar-refractivity contribution in [1.82, 2.24) is 15.2 Å². The van der Waals surface area contributed by atoms with Gasteiger partial charge in [-0.2, -0.15) is 0 Å². The normalized spacial score (nSPS) is 19.5. The summed E-state index contributed by atoms with van der Waals surface area (Å²) < 4.78 is 0. The lowest BCUT2D eigenvalue weighted by atomic mass is 10.1. The molecule has 0 radical (unpaired) electrons. The van der Waals surface area contributed by atoms with Crippen molar-refractivity contribution in [1.29, 1.82) is 0 Å². The summed E-state index contributed by atoms with van der Waals surface area (Å²) in [5.74, 6) is -1.33. The summed E-state index contributed by atoms with van der Waals surface area (Å²) in [6, 6.07) is -0.631. The average Bonchev–Trinajstić information content (AvgIpc) is 2.85. The molecule has 0 aliphatic carbocycles. The molecule has 1 aromatic heterocycles. The molecule has 2 heterocycles. The molecule has 0 saturated carbocycles. The maximum absolute atomic E-state index is 12.3. The SMILES string of the molecule is CCC1C(=O)NC(=O)CN1C(=O)c1csc(CN)n1. The molecule has 0 aromatic carbocycles. The van der Waals surface area contributed by atoms with Crippen molar-refractivity contribution in [3.63, 3.8) is 0 Å². The van der Waals surface area contributed by atoms with Crippen molar-refractivity contribution in [2.24, 2.45) is 5.73 Å². The second-order valence-corrected chi connectivity index (χ2v) is 5.04. The number of thiazole rings is 1. The lowest BCUT2D eigenvalue weighted by Crippen LogP contribution is -2.59. The molecule has 7 nitrogen and oxygen atoms in total. The smallest absolute Gasteiger partial charge is 0.274 e. The molecule has 1 aliphatic rings. The molecule has 102 valence electrons. The third-order valence-electron chi connectivity index (χ3n) is 2.85. The van der Waals surface area contributed by atoms with Crippen LogP contribution >= 0.6 is 11.3 Å². The highest BCUT2D eigenvalue weighted by atomic mass is 32.1. The van der Waals surface area contributed by atoms with E-state index >= 15 is 0 Å². The lowest BCUT2D eigenvalue weighted by Gasteiger charge is -2.32. The van der Waals surface area contributed by atoms with Crippen molar-refractivity contribution in [3.05, 3.63) is 16.1 Å². The van der Waals surface area contributed by atoms with E-state index in [4.69, 9.17) is 5.73 Å². The van der Waals surface area contributed by atoms with Crippen LogP contribution < -0.4 is 11.1 Å². The number of nitrogens with one attached hydrogen (secondary N) is 1. The summed E-state index contributed by atoms with van der Waals surface area (Å²) in [5, 5.41) is 4.46. The number of carbonyl (C=O) groups excluding carboxylic acids is 3. The first-order valence-corrected chi connectivity index (χ1v) is 6.74. The van der Waals surface area contributed by atoms with Crippen molar-refractivity contribution in [2.45, 2.75) is 25.9 Å². The van der Waals surface area contributed by atoms with E-state index in [-0.39, 0.29) is 18.8 Å². The van der Waals surface area contributed by atoms with Crippen LogP contribution in [0.2, 0.25) is 0 Å². The van der Waals surface area contributed by atoms with Gasteiger partial charge in [0, 0.05) is 11.9 Å². The Morgan fingerprint density at radius 1 is 1.63 bits per heavy atom. The average molecular weight is 282 g/mol. The van der Waals surface area contributed by atoms with E-state index in [9.17, 15) is 14.4 Å². The molecule has 3 N–H and O–H groups in total. The van der Waals surface area contributed by atoms with E-state index in [2.05, 4.69) is 10.3 Å². The van der Waals surface area contributed by atoms with E-state index in [0.717, 1.165) is 0 Å². The fourth-order valence-corrected chi connectivity index (χ4v) is 2.58. The predicted molar refractivity (Wildman–Crippen MR) is 68.3 cm³/mol. The van der Waals surface area contributed by atoms with Crippen LogP contribution in [0.4, 0.5) is 0 Å². The maximum Gasteiger partial charge on any atom is 0.274 e. The van der Waals surface area contributed by atoms with Gasteiger partial charge in [-0.3, -0.25) is 19.7 Å². The van der Waals surface area contributed by atoms with Crippen LogP contribution in [-0.2, 0) is 16.1 Å². The fraction of sp³-hybridized carbons (Fsp3) is 0.455. The Labute approximate surface area is 113 Å². The van der Waals surface area contributed by atoms with Gasteiger partial charge in [0.15, 0.2) is 0 Å². The van der Waals surface area contributed by atoms with Crippen molar-refractivity contribution >= 4 is 29.1 Å². The Hall–Kier alpha value is -1.80. The first-order valence-electron chi connectivity index (χ1n) is 5.86. The molecule has 1 aromatic rings. The number of amides is 3. The molecule has 3 amide bonds. The van der Waals surface area contributed by atoms with Gasteiger partial charge in [0.05, 0.1) is 0 Å². The number of aromatic nitrogens is 1. The molecule has 1 saturated heterocycles. The van der Waals surface area contributed by atoms with E-state index in [1.807, 2.05) is 0 Å². The molecule has 8 heteroatoms. The summed E-state index contributed by atoms with van der Waals surface area (Å²) in [6.07, 6.45) is 0.443. The minimum atomic E-state index is -0.631. The molecule has 1 aliphatic heterocycles. The van der Waals surface area contributed by atoms with Gasteiger partial charge in [-0.05, 0) is 6.42 Å². The minimum absolute atomic E-state index is 0.126. The highest BCUT2D eigenvalue weighted by Crippen LogP contribution is 2.16. The van der Waals surface area contributed by atoms with Gasteiger partial charge in [-0.15, -0.1) is 11.3 Å². The molecule has 1 unspecified atom stereocenters. The number of rotatable bonds is 3. The summed E-state index contributed by atoms with van der Waals surface area (Å²) in [4.78, 5) is 40.7. The molecule has 1 fully saturated rings. The highest BCUT2D eigenvalue weighted by Gasteiger charge is 2.36. The topological polar surface area (TPSA) is 105 Å². The van der Waals surface area contributed by atoms with Crippen LogP contribution in [0.15, 0.2) is 5.38 Å². The molecular formula is C11H14N4O3S. The summed E-state index contributed by atoms with van der Waals surface area (Å²) >= 11 is 1.28. The fourth-order valence-electron chi connectivity index (χ4n) is 1.94. The van der Waals surface area contributed by atoms with Crippen LogP contribution in [0.3, 0.4) is 0 Å². The molecule has 19 heavy (non-hydrogen) atoms. The van der Waals surface area contributed by atoms with Crippen LogP contribution in [0.1, 0.15) is 28.8 Å². The zero-order valence-corrected chi connectivity index (χ0v) is 11.2. The Morgan fingerprint density at radius 3 is 2.95 bits per heavy atom. The largest absolute Gasteiger partial charge is 0.325 e. The second kappa shape index (κ2) is 5.45. The Morgan fingerprint density at radius 2 is 2.37 bits per heavy atom. The summed E-state index contributed by atoms with van der Waals surface area (Å²) in [5.41, 5.74) is 5.67. The number of carbonyl (C=O) groups is 3. The van der Waals surface area contributed by atoms with E-state index in [1.54, 1.807) is 12.3 Å². The Kier molecular flexibility index (Phi) is 3.91. The zero-order valence-electron chi connectivity index (χ0n) is 10.4. The van der Waals surface area contributed by atoms with Gasteiger partial charge in [-0.1, -0.05) is 6.92 Å². The van der Waals surface area contributed by atoms with Gasteiger partial charge < -0.3 is 10.6 Å². The van der Waals surface area contributed by atoms with E-state index in [1.165, 1.54) is 16.2 Å². The van der Waals surface area contributed by atoms with Crippen molar-refractivity contribution < 1.29 is 14.4 Å². The van der Waals surface area contributed by atoms with Crippen molar-refractivity contribution in [3.8, 4) is 0 Å². The number of nitrogens with two attached hydrogens (primary N) is 1. The number of hydrogen-bond acceptors (Lipinski definition) is 6. The van der Waals surface area contributed by atoms with E-state index < -0.39 is 23.8 Å². The Balaban J connectivity index is 2.24. The highest BCUT2D eigenvalue weighted by molar-refractivity contribution is 7.09. The maximum atomic E-state index is 12.3. The second-order valence-electron chi connectivity index (χ2n) is 4.10. The van der Waals surface area contributed by atoms with Gasteiger partial charge in [0.2, 0.25) is 11.8 Å². The number of nitrogens with zero attached hydrogens (tertiary/aromatic N) is 2. The minimum Gasteiger partial charge on any atom is -0.325 e. The summed E-state index contributed by atoms with van der Waals surface area (Å²) in [6.45, 7) is 1.92. The van der Waals surface area contributed by atoms with Gasteiger partial charge >= 0.3 is 0 Å². The molecule has 1 atom stereocenters. The standard InChI is InChI=1S/C11H14N4O3S/c1-2-7-10(17)14-8(16)4-15(7)11(18)6-5-19-9(3-12)13-6/h5,7H,2-4,12H2,1H3,(H,14,16,17). The van der Waals surface area contributed by atoms with Crippen LogP contribution in [0.5, 0.6) is 0 Å². The van der Waals surface area contributed by atoms with Gasteiger partial charge in [-0.25, -0.2) is 4.98 Å². The molecule has 0 spiro atoms. The Bertz CT molecular complexity index is 528. The quantitative estimate of drug-likeness (QED) is 0.726. The zero-order chi connectivity index (χ0) is 14.0. The summed E-state index contributed by atoms with van der Waals surface area (Å²) in [7, 11) is 0. The number of imide groups is 1. The van der Waals surface area contributed by atoms with Gasteiger partial charge in [0.25, 0.3) is 5.91 Å². The monoisotopic (exact) mass is 282 g/mol. The van der Waals surface area contributed by atoms with E-state index in [0.29, 0.717) is 11.4 Å². The van der Waals surface area contributed by atoms with Crippen LogP contribution in [0, 0.1) is 0 Å². The number of hydrogen-bond donors (Lipinski definition) is 2. The van der Waals surface area contributed by atoms with Crippen LogP contribution in [-0.4, -0.2) is 40.2 Å². The lowest BCUT2D eigenvalue weighted by molar-refractivity contribution is -0.138. The molecule has 0 bridgehead atoms. The molecule has 2 rings (SSSR count).